The van der Waals surface area contributed by atoms with Crippen LogP contribution in [0.15, 0.2) is 28.8 Å². The number of hydrogen-bond acceptors (Lipinski definition) is 3. The molecule has 1 heterocycles. The van der Waals surface area contributed by atoms with Gasteiger partial charge in [-0.05, 0) is 49.1 Å². The predicted molar refractivity (Wildman–Crippen MR) is 87.3 cm³/mol. The number of aryl methyl sites for hydroxylation is 2. The van der Waals surface area contributed by atoms with Gasteiger partial charge in [0.15, 0.2) is 5.69 Å². The van der Waals surface area contributed by atoms with E-state index in [1.54, 1.807) is 0 Å². The molecule has 0 spiro atoms. The van der Waals surface area contributed by atoms with Gasteiger partial charge in [0.05, 0.1) is 6.04 Å². The maximum Gasteiger partial charge on any atom is 0.274 e. The summed E-state index contributed by atoms with van der Waals surface area (Å²) in [7, 11) is 0. The molecule has 1 N–H and O–H groups in total. The van der Waals surface area contributed by atoms with Gasteiger partial charge in [0, 0.05) is 12.0 Å². The topological polar surface area (TPSA) is 55.1 Å². The molecule has 2 atom stereocenters. The monoisotopic (exact) mass is 310 g/mol. The Morgan fingerprint density at radius 1 is 1.26 bits per heavy atom. The van der Waals surface area contributed by atoms with Crippen molar-refractivity contribution in [3.63, 3.8) is 0 Å². The smallest absolute Gasteiger partial charge is 0.274 e. The zero-order valence-corrected chi connectivity index (χ0v) is 13.5. The number of benzene rings is 1. The summed E-state index contributed by atoms with van der Waals surface area (Å²) in [6.45, 7) is 2.22. The van der Waals surface area contributed by atoms with Crippen LogP contribution in [0.3, 0.4) is 0 Å². The average Bonchev–Trinajstić information content (AvgIpc) is 2.98. The normalized spacial score (nSPS) is 23.0. The Morgan fingerprint density at radius 3 is 3.04 bits per heavy atom. The third kappa shape index (κ3) is 2.67. The SMILES string of the molecule is C[C@H]1CCc2onc(C(=O)N[C@@H]3CCCc4ccccc43)c2C1. The van der Waals surface area contributed by atoms with E-state index in [4.69, 9.17) is 4.52 Å². The molecule has 4 rings (SSSR count). The molecule has 1 aromatic carbocycles. The minimum atomic E-state index is -0.0918. The van der Waals surface area contributed by atoms with Gasteiger partial charge in [-0.1, -0.05) is 36.3 Å². The highest BCUT2D eigenvalue weighted by molar-refractivity contribution is 5.94. The fourth-order valence-electron chi connectivity index (χ4n) is 3.89. The second kappa shape index (κ2) is 5.84. The summed E-state index contributed by atoms with van der Waals surface area (Å²) in [5.74, 6) is 1.40. The third-order valence-corrected chi connectivity index (χ3v) is 5.18. The number of carbonyl (C=O) groups excluding carboxylic acids is 1. The molecule has 0 saturated carbocycles. The highest BCUT2D eigenvalue weighted by Crippen LogP contribution is 2.31. The molecule has 0 bridgehead atoms. The summed E-state index contributed by atoms with van der Waals surface area (Å²) in [5, 5.41) is 7.25. The Morgan fingerprint density at radius 2 is 2.13 bits per heavy atom. The minimum absolute atomic E-state index is 0.0841. The lowest BCUT2D eigenvalue weighted by Gasteiger charge is -2.26. The first-order valence-corrected chi connectivity index (χ1v) is 8.58. The van der Waals surface area contributed by atoms with E-state index in [0.29, 0.717) is 11.6 Å². The van der Waals surface area contributed by atoms with Crippen LogP contribution in [0, 0.1) is 5.92 Å². The molecule has 2 aliphatic carbocycles. The molecular formula is C19H22N2O2. The lowest BCUT2D eigenvalue weighted by atomic mass is 9.86. The van der Waals surface area contributed by atoms with Gasteiger partial charge in [0.25, 0.3) is 5.91 Å². The van der Waals surface area contributed by atoms with Gasteiger partial charge in [-0.25, -0.2) is 0 Å². The Kier molecular flexibility index (Phi) is 3.68. The van der Waals surface area contributed by atoms with Crippen LogP contribution in [0.1, 0.15) is 65.2 Å². The number of carbonyl (C=O) groups is 1. The lowest BCUT2D eigenvalue weighted by Crippen LogP contribution is -2.32. The highest BCUT2D eigenvalue weighted by Gasteiger charge is 2.29. The van der Waals surface area contributed by atoms with E-state index in [-0.39, 0.29) is 11.9 Å². The van der Waals surface area contributed by atoms with Crippen LogP contribution in [-0.2, 0) is 19.3 Å². The third-order valence-electron chi connectivity index (χ3n) is 5.18. The number of nitrogens with one attached hydrogen (secondary N) is 1. The maximum absolute atomic E-state index is 12.7. The van der Waals surface area contributed by atoms with E-state index in [0.717, 1.165) is 49.8 Å². The second-order valence-electron chi connectivity index (χ2n) is 6.90. The largest absolute Gasteiger partial charge is 0.360 e. The van der Waals surface area contributed by atoms with Crippen LogP contribution in [0.4, 0.5) is 0 Å². The van der Waals surface area contributed by atoms with E-state index >= 15 is 0 Å². The first-order valence-electron chi connectivity index (χ1n) is 8.58. The summed E-state index contributed by atoms with van der Waals surface area (Å²) >= 11 is 0. The van der Waals surface area contributed by atoms with Crippen molar-refractivity contribution in [2.45, 2.75) is 51.5 Å². The van der Waals surface area contributed by atoms with Gasteiger partial charge >= 0.3 is 0 Å². The Hall–Kier alpha value is -2.10. The van der Waals surface area contributed by atoms with Gasteiger partial charge in [-0.15, -0.1) is 0 Å². The number of rotatable bonds is 2. The Balaban J connectivity index is 1.57. The van der Waals surface area contributed by atoms with Crippen molar-refractivity contribution in [3.8, 4) is 0 Å². The van der Waals surface area contributed by atoms with Gasteiger partial charge in [0.2, 0.25) is 0 Å². The summed E-state index contributed by atoms with van der Waals surface area (Å²) in [6, 6.07) is 8.48. The maximum atomic E-state index is 12.7. The van der Waals surface area contributed by atoms with Crippen LogP contribution in [0.2, 0.25) is 0 Å². The molecule has 1 aromatic heterocycles. The summed E-state index contributed by atoms with van der Waals surface area (Å²) in [5.41, 5.74) is 4.11. The average molecular weight is 310 g/mol. The molecule has 23 heavy (non-hydrogen) atoms. The molecule has 0 saturated heterocycles. The molecule has 0 radical (unpaired) electrons. The van der Waals surface area contributed by atoms with Crippen LogP contribution in [0.25, 0.3) is 0 Å². The summed E-state index contributed by atoms with van der Waals surface area (Å²) < 4.78 is 5.40. The van der Waals surface area contributed by atoms with Crippen molar-refractivity contribution in [3.05, 3.63) is 52.4 Å². The van der Waals surface area contributed by atoms with E-state index < -0.39 is 0 Å². The standard InChI is InChI=1S/C19H22N2O2/c1-12-9-10-17-15(11-12)18(21-23-17)19(22)20-16-8-4-6-13-5-2-3-7-14(13)16/h2-3,5,7,12,16H,4,6,8-11H2,1H3,(H,20,22)/t12-,16+/m0/s1. The Bertz CT molecular complexity index is 735. The molecule has 120 valence electrons. The molecule has 0 unspecified atom stereocenters. The van der Waals surface area contributed by atoms with Gasteiger partial charge in [-0.2, -0.15) is 0 Å². The van der Waals surface area contributed by atoms with E-state index in [1.165, 1.54) is 11.1 Å². The Labute approximate surface area is 136 Å². The van der Waals surface area contributed by atoms with Crippen LogP contribution in [0.5, 0.6) is 0 Å². The fourth-order valence-corrected chi connectivity index (χ4v) is 3.89. The van der Waals surface area contributed by atoms with Crippen molar-refractivity contribution < 1.29 is 9.32 Å². The first-order chi connectivity index (χ1) is 11.2. The molecule has 1 amide bonds. The zero-order chi connectivity index (χ0) is 15.8. The van der Waals surface area contributed by atoms with Crippen molar-refractivity contribution in [2.75, 3.05) is 0 Å². The van der Waals surface area contributed by atoms with Crippen molar-refractivity contribution in [2.24, 2.45) is 5.92 Å². The van der Waals surface area contributed by atoms with E-state index in [2.05, 4.69) is 35.6 Å². The number of amides is 1. The zero-order valence-electron chi connectivity index (χ0n) is 13.5. The van der Waals surface area contributed by atoms with Crippen molar-refractivity contribution in [1.29, 1.82) is 0 Å². The van der Waals surface area contributed by atoms with Gasteiger partial charge in [-0.3, -0.25) is 4.79 Å². The van der Waals surface area contributed by atoms with E-state index in [1.807, 2.05) is 6.07 Å². The second-order valence-corrected chi connectivity index (χ2v) is 6.90. The highest BCUT2D eigenvalue weighted by atomic mass is 16.5. The molecule has 0 aliphatic heterocycles. The molecule has 2 aromatic rings. The van der Waals surface area contributed by atoms with Gasteiger partial charge < -0.3 is 9.84 Å². The fraction of sp³-hybridized carbons (Fsp3) is 0.474. The quantitative estimate of drug-likeness (QED) is 0.922. The van der Waals surface area contributed by atoms with Crippen molar-refractivity contribution in [1.82, 2.24) is 10.5 Å². The molecule has 2 aliphatic rings. The summed E-state index contributed by atoms with van der Waals surface area (Å²) in [4.78, 5) is 12.7. The minimum Gasteiger partial charge on any atom is -0.360 e. The van der Waals surface area contributed by atoms with Crippen LogP contribution >= 0.6 is 0 Å². The molecule has 4 heteroatoms. The van der Waals surface area contributed by atoms with E-state index in [9.17, 15) is 4.79 Å². The van der Waals surface area contributed by atoms with Crippen molar-refractivity contribution >= 4 is 5.91 Å². The lowest BCUT2D eigenvalue weighted by molar-refractivity contribution is 0.0922. The molecular weight excluding hydrogens is 288 g/mol. The van der Waals surface area contributed by atoms with Crippen LogP contribution in [-0.4, -0.2) is 11.1 Å². The molecule has 4 nitrogen and oxygen atoms in total. The first kappa shape index (κ1) is 14.5. The summed E-state index contributed by atoms with van der Waals surface area (Å²) in [6.07, 6.45) is 6.08. The number of hydrogen-bond donors (Lipinski definition) is 1. The predicted octanol–water partition coefficient (Wildman–Crippen LogP) is 3.61. The number of aromatic nitrogens is 1. The van der Waals surface area contributed by atoms with Gasteiger partial charge in [0.1, 0.15) is 5.76 Å². The van der Waals surface area contributed by atoms with Crippen LogP contribution < -0.4 is 5.32 Å². The number of fused-ring (bicyclic) bond motifs is 2. The number of nitrogens with zero attached hydrogens (tertiary/aromatic N) is 1. The molecule has 0 fully saturated rings.